The van der Waals surface area contributed by atoms with Crippen LogP contribution in [0.1, 0.15) is 21.9 Å². The van der Waals surface area contributed by atoms with Gasteiger partial charge in [0.1, 0.15) is 16.9 Å². The summed E-state index contributed by atoms with van der Waals surface area (Å²) in [6, 6.07) is 13.3. The van der Waals surface area contributed by atoms with E-state index in [1.807, 2.05) is 0 Å². The van der Waals surface area contributed by atoms with E-state index in [1.165, 1.54) is 12.3 Å². The van der Waals surface area contributed by atoms with Crippen LogP contribution >= 0.6 is 0 Å². The minimum atomic E-state index is -0.538. The molecule has 0 saturated heterocycles. The molecule has 4 rings (SSSR count). The Morgan fingerprint density at radius 1 is 0.958 bits per heavy atom. The van der Waals surface area contributed by atoms with Crippen molar-refractivity contribution in [3.63, 3.8) is 0 Å². The predicted molar refractivity (Wildman–Crippen MR) is 87.1 cm³/mol. The zero-order chi connectivity index (χ0) is 16.7. The molecular weight excluding hydrogens is 308 g/mol. The quantitative estimate of drug-likeness (QED) is 0.529. The first-order chi connectivity index (χ1) is 11.6. The molecule has 5 heteroatoms. The Hall–Kier alpha value is -3.34. The number of ketones is 1. The third-order valence-corrected chi connectivity index (χ3v) is 3.73. The number of para-hydroxylation sites is 1. The van der Waals surface area contributed by atoms with Gasteiger partial charge in [-0.25, -0.2) is 0 Å². The molecule has 0 spiro atoms. The van der Waals surface area contributed by atoms with Gasteiger partial charge in [-0.15, -0.1) is 0 Å². The molecular formula is C19H12O5. The Labute approximate surface area is 136 Å². The van der Waals surface area contributed by atoms with E-state index in [0.717, 1.165) is 0 Å². The lowest BCUT2D eigenvalue weighted by molar-refractivity contribution is 0.101. The van der Waals surface area contributed by atoms with Gasteiger partial charge < -0.3 is 13.3 Å². The molecule has 1 aromatic carbocycles. The van der Waals surface area contributed by atoms with Crippen LogP contribution in [0.5, 0.6) is 0 Å². The smallest absolute Gasteiger partial charge is 0.236 e. The van der Waals surface area contributed by atoms with Crippen molar-refractivity contribution in [2.24, 2.45) is 0 Å². The Balaban J connectivity index is 2.07. The summed E-state index contributed by atoms with van der Waals surface area (Å²) in [5.74, 6) is 0.612. The summed E-state index contributed by atoms with van der Waals surface area (Å²) in [7, 11) is 0. The van der Waals surface area contributed by atoms with Crippen molar-refractivity contribution < 1.29 is 18.0 Å². The fourth-order valence-corrected chi connectivity index (χ4v) is 2.61. The van der Waals surface area contributed by atoms with Gasteiger partial charge in [-0.2, -0.15) is 0 Å². The number of fused-ring (bicyclic) bond motifs is 1. The molecule has 0 aliphatic carbocycles. The molecule has 0 bridgehead atoms. The van der Waals surface area contributed by atoms with Gasteiger partial charge in [0.25, 0.3) is 0 Å². The maximum Gasteiger partial charge on any atom is 0.236 e. The molecule has 118 valence electrons. The van der Waals surface area contributed by atoms with Crippen LogP contribution in [0.3, 0.4) is 0 Å². The number of carbonyl (C=O) groups excluding carboxylic acids is 1. The van der Waals surface area contributed by atoms with Crippen LogP contribution < -0.4 is 5.43 Å². The molecule has 0 aliphatic heterocycles. The Kier molecular flexibility index (Phi) is 3.20. The van der Waals surface area contributed by atoms with Gasteiger partial charge >= 0.3 is 0 Å². The lowest BCUT2D eigenvalue weighted by Gasteiger charge is -2.06. The summed E-state index contributed by atoms with van der Waals surface area (Å²) >= 11 is 0. The van der Waals surface area contributed by atoms with Gasteiger partial charge in [0.05, 0.1) is 11.6 Å². The van der Waals surface area contributed by atoms with Crippen molar-refractivity contribution in [2.75, 3.05) is 0 Å². The highest BCUT2D eigenvalue weighted by atomic mass is 16.4. The van der Waals surface area contributed by atoms with Crippen molar-refractivity contribution in [3.05, 3.63) is 82.1 Å². The van der Waals surface area contributed by atoms with Gasteiger partial charge in [-0.05, 0) is 43.3 Å². The van der Waals surface area contributed by atoms with Crippen LogP contribution in [0.15, 0.2) is 72.8 Å². The zero-order valence-electron chi connectivity index (χ0n) is 12.7. The molecule has 0 unspecified atom stereocenters. The summed E-state index contributed by atoms with van der Waals surface area (Å²) in [6.45, 7) is 1.77. The van der Waals surface area contributed by atoms with Crippen LogP contribution in [-0.4, -0.2) is 5.78 Å². The van der Waals surface area contributed by atoms with Crippen molar-refractivity contribution in [3.8, 4) is 11.5 Å². The second-order valence-corrected chi connectivity index (χ2v) is 5.35. The van der Waals surface area contributed by atoms with E-state index < -0.39 is 11.2 Å². The summed E-state index contributed by atoms with van der Waals surface area (Å²) in [5, 5.41) is 0.333. The molecule has 0 N–H and O–H groups in total. The molecule has 4 aromatic rings. The van der Waals surface area contributed by atoms with E-state index in [9.17, 15) is 9.59 Å². The highest BCUT2D eigenvalue weighted by molar-refractivity contribution is 6.11. The average Bonchev–Trinajstić information content (AvgIpc) is 3.26. The first-order valence-corrected chi connectivity index (χ1v) is 7.36. The van der Waals surface area contributed by atoms with E-state index in [0.29, 0.717) is 22.5 Å². The Bertz CT molecular complexity index is 1100. The van der Waals surface area contributed by atoms with E-state index in [-0.39, 0.29) is 17.1 Å². The lowest BCUT2D eigenvalue weighted by atomic mass is 10.0. The number of hydrogen-bond acceptors (Lipinski definition) is 5. The third-order valence-electron chi connectivity index (χ3n) is 3.73. The summed E-state index contributed by atoms with van der Waals surface area (Å²) < 4.78 is 16.6. The highest BCUT2D eigenvalue weighted by Gasteiger charge is 2.26. The maximum atomic E-state index is 12.9. The molecule has 0 amide bonds. The molecule has 5 nitrogen and oxygen atoms in total. The Morgan fingerprint density at radius 2 is 1.79 bits per heavy atom. The van der Waals surface area contributed by atoms with Crippen LogP contribution in [-0.2, 0) is 0 Å². The minimum Gasteiger partial charge on any atom is -0.461 e. The van der Waals surface area contributed by atoms with Crippen molar-refractivity contribution in [1.82, 2.24) is 0 Å². The topological polar surface area (TPSA) is 73.6 Å². The molecule has 0 fully saturated rings. The maximum absolute atomic E-state index is 12.9. The van der Waals surface area contributed by atoms with Gasteiger partial charge in [0.2, 0.25) is 11.2 Å². The van der Waals surface area contributed by atoms with E-state index >= 15 is 0 Å². The van der Waals surface area contributed by atoms with Gasteiger partial charge in [0.15, 0.2) is 17.3 Å². The molecule has 0 atom stereocenters. The molecule has 3 aromatic heterocycles. The monoisotopic (exact) mass is 320 g/mol. The van der Waals surface area contributed by atoms with Crippen molar-refractivity contribution >= 4 is 16.8 Å². The number of benzene rings is 1. The minimum absolute atomic E-state index is 0.0714. The second-order valence-electron chi connectivity index (χ2n) is 5.35. The van der Waals surface area contributed by atoms with Crippen molar-refractivity contribution in [2.45, 2.75) is 6.92 Å². The van der Waals surface area contributed by atoms with Gasteiger partial charge in [0, 0.05) is 0 Å². The van der Waals surface area contributed by atoms with Gasteiger partial charge in [-0.1, -0.05) is 12.1 Å². The van der Waals surface area contributed by atoms with Crippen molar-refractivity contribution in [1.29, 1.82) is 0 Å². The predicted octanol–water partition coefficient (Wildman–Crippen LogP) is 4.19. The standard InChI is InChI=1S/C19H12O5/c1-11-8-9-15(23-11)19-16(18(21)14-7-4-10-22-14)17(20)12-5-2-3-6-13(12)24-19/h2-10H,1H3. The number of furan rings is 2. The van der Waals surface area contributed by atoms with Crippen LogP contribution in [0.2, 0.25) is 0 Å². The molecule has 0 radical (unpaired) electrons. The van der Waals surface area contributed by atoms with E-state index in [4.69, 9.17) is 13.3 Å². The highest BCUT2D eigenvalue weighted by Crippen LogP contribution is 2.29. The first kappa shape index (κ1) is 14.3. The summed E-state index contributed by atoms with van der Waals surface area (Å²) in [5.41, 5.74) is -0.122. The molecule has 0 aliphatic rings. The van der Waals surface area contributed by atoms with Crippen LogP contribution in [0, 0.1) is 6.92 Å². The second kappa shape index (κ2) is 5.38. The van der Waals surface area contributed by atoms with E-state index in [1.54, 1.807) is 49.4 Å². The molecule has 3 heterocycles. The molecule has 24 heavy (non-hydrogen) atoms. The lowest BCUT2D eigenvalue weighted by Crippen LogP contribution is -2.17. The summed E-state index contributed by atoms with van der Waals surface area (Å²) in [6.07, 6.45) is 1.38. The normalized spacial score (nSPS) is 11.0. The number of aryl methyl sites for hydroxylation is 1. The zero-order valence-corrected chi connectivity index (χ0v) is 12.7. The Morgan fingerprint density at radius 3 is 2.50 bits per heavy atom. The fraction of sp³-hybridized carbons (Fsp3) is 0.0526. The third kappa shape index (κ3) is 2.18. The van der Waals surface area contributed by atoms with Crippen LogP contribution in [0.4, 0.5) is 0 Å². The number of rotatable bonds is 3. The largest absolute Gasteiger partial charge is 0.461 e. The number of hydrogen-bond donors (Lipinski definition) is 0. The first-order valence-electron chi connectivity index (χ1n) is 7.36. The van der Waals surface area contributed by atoms with E-state index in [2.05, 4.69) is 0 Å². The summed E-state index contributed by atoms with van der Waals surface area (Å²) in [4.78, 5) is 25.7. The number of carbonyl (C=O) groups is 1. The molecule has 0 saturated carbocycles. The average molecular weight is 320 g/mol. The van der Waals surface area contributed by atoms with Crippen LogP contribution in [0.25, 0.3) is 22.5 Å². The fourth-order valence-electron chi connectivity index (χ4n) is 2.61. The van der Waals surface area contributed by atoms with Gasteiger partial charge in [-0.3, -0.25) is 9.59 Å². The SMILES string of the molecule is Cc1ccc(-c2oc3ccccc3c(=O)c2C(=O)c2ccco2)o1.